The Bertz CT molecular complexity index is 842. The van der Waals surface area contributed by atoms with Gasteiger partial charge in [0.05, 0.1) is 12.6 Å². The summed E-state index contributed by atoms with van der Waals surface area (Å²) in [4.78, 5) is 26.9. The summed E-state index contributed by atoms with van der Waals surface area (Å²) in [7, 11) is 0. The Kier molecular flexibility index (Phi) is 14.8. The van der Waals surface area contributed by atoms with E-state index >= 15 is 0 Å². The maximum atomic E-state index is 12.0. The van der Waals surface area contributed by atoms with Crippen molar-refractivity contribution in [1.82, 2.24) is 15.5 Å². The molecule has 0 saturated heterocycles. The number of halogens is 1. The smallest absolute Gasteiger partial charge is 0.303 e. The van der Waals surface area contributed by atoms with Crippen molar-refractivity contribution in [2.45, 2.75) is 96.6 Å². The molecular weight excluding hydrogens is 456 g/mol. The summed E-state index contributed by atoms with van der Waals surface area (Å²) in [6.45, 7) is 2.32. The van der Waals surface area contributed by atoms with Crippen molar-refractivity contribution >= 4 is 24.3 Å². The molecule has 2 rings (SSSR count). The van der Waals surface area contributed by atoms with Crippen LogP contribution in [0.25, 0.3) is 11.4 Å². The van der Waals surface area contributed by atoms with E-state index in [1.807, 2.05) is 12.1 Å². The lowest BCUT2D eigenvalue weighted by molar-refractivity contribution is -0.137. The first-order valence-electron chi connectivity index (χ1n) is 12.2. The molecule has 1 heterocycles. The first-order chi connectivity index (χ1) is 16.0. The van der Waals surface area contributed by atoms with E-state index in [4.69, 9.17) is 15.4 Å². The zero-order chi connectivity index (χ0) is 23.9. The van der Waals surface area contributed by atoms with Gasteiger partial charge >= 0.3 is 5.97 Å². The molecule has 0 saturated carbocycles. The lowest BCUT2D eigenvalue weighted by Gasteiger charge is -2.10. The fourth-order valence-corrected chi connectivity index (χ4v) is 3.63. The van der Waals surface area contributed by atoms with Gasteiger partial charge in [-0.05, 0) is 31.2 Å². The highest BCUT2D eigenvalue weighted by Crippen LogP contribution is 2.18. The van der Waals surface area contributed by atoms with Crippen LogP contribution >= 0.6 is 12.4 Å². The van der Waals surface area contributed by atoms with Crippen molar-refractivity contribution in [3.63, 3.8) is 0 Å². The van der Waals surface area contributed by atoms with Crippen molar-refractivity contribution in [2.75, 3.05) is 0 Å². The Labute approximate surface area is 208 Å². The van der Waals surface area contributed by atoms with Gasteiger partial charge in [0.15, 0.2) is 0 Å². The number of nitrogens with two attached hydrogens (primary N) is 1. The van der Waals surface area contributed by atoms with Crippen molar-refractivity contribution in [3.05, 3.63) is 35.7 Å². The average Bonchev–Trinajstić information content (AvgIpc) is 3.28. The first-order valence-corrected chi connectivity index (χ1v) is 12.2. The van der Waals surface area contributed by atoms with Gasteiger partial charge in [0.2, 0.25) is 17.6 Å². The van der Waals surface area contributed by atoms with Gasteiger partial charge in [-0.15, -0.1) is 12.4 Å². The number of unbranched alkanes of at least 4 members (excludes halogenated alkanes) is 7. The third-order valence-electron chi connectivity index (χ3n) is 5.66. The molecular formula is C25H39ClN4O4. The topological polar surface area (TPSA) is 131 Å². The van der Waals surface area contributed by atoms with Gasteiger partial charge in [-0.1, -0.05) is 81.3 Å². The number of aromatic nitrogens is 2. The number of hydrogen-bond donors (Lipinski definition) is 3. The van der Waals surface area contributed by atoms with Gasteiger partial charge in [-0.2, -0.15) is 4.98 Å². The number of nitrogens with one attached hydrogen (secondary N) is 1. The molecule has 1 unspecified atom stereocenters. The summed E-state index contributed by atoms with van der Waals surface area (Å²) >= 11 is 0. The molecule has 9 heteroatoms. The number of carboxylic acids is 1. The largest absolute Gasteiger partial charge is 0.481 e. The average molecular weight is 495 g/mol. The van der Waals surface area contributed by atoms with Crippen molar-refractivity contribution < 1.29 is 19.2 Å². The highest BCUT2D eigenvalue weighted by atomic mass is 35.5. The highest BCUT2D eigenvalue weighted by molar-refractivity contribution is 5.85. The number of carbonyl (C=O) groups excluding carboxylic acids is 1. The second-order valence-electron chi connectivity index (χ2n) is 8.54. The zero-order valence-electron chi connectivity index (χ0n) is 20.1. The summed E-state index contributed by atoms with van der Waals surface area (Å²) in [6, 6.07) is 7.42. The summed E-state index contributed by atoms with van der Waals surface area (Å²) in [5, 5.41) is 15.3. The SMILES string of the molecule is CCCCCCCCCCc1ccc(-c2noc(CNC(=O)C(N)CCCC(=O)O)n2)cc1.Cl. The Hall–Kier alpha value is -2.45. The maximum absolute atomic E-state index is 12.0. The molecule has 0 bridgehead atoms. The van der Waals surface area contributed by atoms with E-state index < -0.39 is 12.0 Å². The minimum Gasteiger partial charge on any atom is -0.481 e. The molecule has 0 fully saturated rings. The normalized spacial score (nSPS) is 11.6. The third-order valence-corrected chi connectivity index (χ3v) is 5.66. The summed E-state index contributed by atoms with van der Waals surface area (Å²) in [6.07, 6.45) is 12.2. The Morgan fingerprint density at radius 3 is 2.32 bits per heavy atom. The zero-order valence-corrected chi connectivity index (χ0v) is 20.9. The number of carbonyl (C=O) groups is 2. The van der Waals surface area contributed by atoms with Crippen molar-refractivity contribution in [2.24, 2.45) is 5.73 Å². The molecule has 4 N–H and O–H groups in total. The Morgan fingerprint density at radius 1 is 1.03 bits per heavy atom. The summed E-state index contributed by atoms with van der Waals surface area (Å²) in [5.74, 6) is -0.504. The molecule has 0 radical (unpaired) electrons. The van der Waals surface area contributed by atoms with Gasteiger partial charge in [-0.25, -0.2) is 0 Å². The molecule has 190 valence electrons. The molecule has 34 heavy (non-hydrogen) atoms. The summed E-state index contributed by atoms with van der Waals surface area (Å²) < 4.78 is 5.22. The van der Waals surface area contributed by atoms with E-state index in [9.17, 15) is 9.59 Å². The number of nitrogens with zero attached hydrogens (tertiary/aromatic N) is 2. The minimum absolute atomic E-state index is 0. The molecule has 1 amide bonds. The van der Waals surface area contributed by atoms with Crippen LogP contribution in [-0.4, -0.2) is 33.2 Å². The molecule has 1 aromatic heterocycles. The molecule has 0 aliphatic carbocycles. The van der Waals surface area contributed by atoms with Crippen LogP contribution in [0.3, 0.4) is 0 Å². The highest BCUT2D eigenvalue weighted by Gasteiger charge is 2.15. The fraction of sp³-hybridized carbons (Fsp3) is 0.600. The number of hydrogen-bond acceptors (Lipinski definition) is 6. The number of benzene rings is 1. The van der Waals surface area contributed by atoms with Crippen LogP contribution in [0.5, 0.6) is 0 Å². The number of aliphatic carboxylic acids is 1. The first kappa shape index (κ1) is 29.6. The second kappa shape index (κ2) is 17.1. The molecule has 1 aromatic carbocycles. The van der Waals surface area contributed by atoms with Crippen LogP contribution in [-0.2, 0) is 22.6 Å². The van der Waals surface area contributed by atoms with Crippen LogP contribution in [0.2, 0.25) is 0 Å². The molecule has 8 nitrogen and oxygen atoms in total. The number of carboxylic acid groups (broad SMARTS) is 1. The molecule has 0 aliphatic heterocycles. The number of aryl methyl sites for hydroxylation is 1. The van der Waals surface area contributed by atoms with Crippen LogP contribution in [0.4, 0.5) is 0 Å². The maximum Gasteiger partial charge on any atom is 0.303 e. The number of rotatable bonds is 17. The van der Waals surface area contributed by atoms with Gasteiger partial charge < -0.3 is 20.7 Å². The molecule has 0 spiro atoms. The molecule has 2 aromatic rings. The lowest BCUT2D eigenvalue weighted by atomic mass is 10.0. The van der Waals surface area contributed by atoms with Gasteiger partial charge in [0.1, 0.15) is 0 Å². The lowest BCUT2D eigenvalue weighted by Crippen LogP contribution is -2.40. The summed E-state index contributed by atoms with van der Waals surface area (Å²) in [5.41, 5.74) is 7.95. The van der Waals surface area contributed by atoms with Crippen LogP contribution < -0.4 is 11.1 Å². The Morgan fingerprint density at radius 2 is 1.68 bits per heavy atom. The fourth-order valence-electron chi connectivity index (χ4n) is 3.63. The number of amides is 1. The standard InChI is InChI=1S/C25H38N4O4.ClH/c1-2-3-4-5-6-7-8-9-11-19-14-16-20(17-15-19)24-28-22(33-29-24)18-27-25(32)21(26)12-10-13-23(30)31;/h14-17,21H,2-13,18,26H2,1H3,(H,27,32)(H,30,31);1H. The van der Waals surface area contributed by atoms with Crippen LogP contribution in [0, 0.1) is 0 Å². The predicted molar refractivity (Wildman–Crippen MR) is 135 cm³/mol. The predicted octanol–water partition coefficient (Wildman–Crippen LogP) is 5.04. The third kappa shape index (κ3) is 11.6. The second-order valence-corrected chi connectivity index (χ2v) is 8.54. The van der Waals surface area contributed by atoms with E-state index in [-0.39, 0.29) is 31.3 Å². The van der Waals surface area contributed by atoms with Crippen molar-refractivity contribution in [1.29, 1.82) is 0 Å². The van der Waals surface area contributed by atoms with E-state index in [0.717, 1.165) is 12.0 Å². The quantitative estimate of drug-likeness (QED) is 0.262. The van der Waals surface area contributed by atoms with E-state index in [1.54, 1.807) is 0 Å². The van der Waals surface area contributed by atoms with E-state index in [0.29, 0.717) is 24.6 Å². The van der Waals surface area contributed by atoms with E-state index in [1.165, 1.54) is 56.9 Å². The minimum atomic E-state index is -0.901. The van der Waals surface area contributed by atoms with E-state index in [2.05, 4.69) is 34.5 Å². The molecule has 1 atom stereocenters. The van der Waals surface area contributed by atoms with Crippen LogP contribution in [0.1, 0.15) is 89.0 Å². The van der Waals surface area contributed by atoms with Gasteiger partial charge in [-0.3, -0.25) is 9.59 Å². The van der Waals surface area contributed by atoms with Crippen molar-refractivity contribution in [3.8, 4) is 11.4 Å². The Balaban J connectivity index is 0.00000578. The van der Waals surface area contributed by atoms with Crippen LogP contribution in [0.15, 0.2) is 28.8 Å². The molecule has 0 aliphatic rings. The van der Waals surface area contributed by atoms with Gasteiger partial charge in [0.25, 0.3) is 0 Å². The van der Waals surface area contributed by atoms with Gasteiger partial charge in [0, 0.05) is 12.0 Å². The monoisotopic (exact) mass is 494 g/mol.